The van der Waals surface area contributed by atoms with Crippen molar-refractivity contribution in [1.82, 2.24) is 5.32 Å². The van der Waals surface area contributed by atoms with Crippen molar-refractivity contribution in [2.24, 2.45) is 5.73 Å². The Hall–Kier alpha value is -1.02. The third-order valence-corrected chi connectivity index (χ3v) is 2.18. The van der Waals surface area contributed by atoms with Gasteiger partial charge in [-0.3, -0.25) is 0 Å². The molecule has 13 heavy (non-hydrogen) atoms. The molecule has 0 heterocycles. The first-order valence-electron chi connectivity index (χ1n) is 4.75. The molecule has 1 aliphatic rings. The van der Waals surface area contributed by atoms with E-state index < -0.39 is 0 Å². The predicted molar refractivity (Wildman–Crippen MR) is 57.0 cm³/mol. The lowest BCUT2D eigenvalue weighted by molar-refractivity contribution is 0.778. The zero-order valence-corrected chi connectivity index (χ0v) is 8.27. The second-order valence-electron chi connectivity index (χ2n) is 3.37. The molecule has 0 atom stereocenters. The first kappa shape index (κ1) is 10.1. The van der Waals surface area contributed by atoms with Crippen LogP contribution in [0.3, 0.4) is 0 Å². The predicted octanol–water partition coefficient (Wildman–Crippen LogP) is 2.06. The smallest absolute Gasteiger partial charge is 0.0181 e. The molecule has 2 nitrogen and oxygen atoms in total. The number of nitrogens with two attached hydrogens (primary N) is 1. The molecule has 0 saturated heterocycles. The van der Waals surface area contributed by atoms with Gasteiger partial charge in [-0.25, -0.2) is 0 Å². The Morgan fingerprint density at radius 3 is 3.08 bits per heavy atom. The minimum Gasteiger partial charge on any atom is -0.363 e. The lowest BCUT2D eigenvalue weighted by atomic mass is 10.0. The summed E-state index contributed by atoms with van der Waals surface area (Å²) in [4.78, 5) is 0. The minimum absolute atomic E-state index is 0.661. The van der Waals surface area contributed by atoms with Gasteiger partial charge in [0.25, 0.3) is 0 Å². The van der Waals surface area contributed by atoms with Crippen LogP contribution in [0.4, 0.5) is 0 Å². The number of allylic oxidation sites excluding steroid dienone is 4. The normalized spacial score (nSPS) is 16.2. The van der Waals surface area contributed by atoms with Gasteiger partial charge < -0.3 is 11.1 Å². The molecule has 2 heteroatoms. The largest absolute Gasteiger partial charge is 0.363 e. The molecule has 1 aliphatic carbocycles. The molecule has 0 aromatic carbocycles. The van der Waals surface area contributed by atoms with Crippen molar-refractivity contribution in [3.63, 3.8) is 0 Å². The molecule has 0 unspecified atom stereocenters. The van der Waals surface area contributed by atoms with E-state index in [0.717, 1.165) is 25.0 Å². The van der Waals surface area contributed by atoms with Crippen LogP contribution >= 0.6 is 0 Å². The summed E-state index contributed by atoms with van der Waals surface area (Å²) in [6.07, 6.45) is 7.41. The Labute approximate surface area is 80.2 Å². The van der Waals surface area contributed by atoms with E-state index in [2.05, 4.69) is 31.0 Å². The third-order valence-electron chi connectivity index (χ3n) is 2.18. The van der Waals surface area contributed by atoms with Crippen molar-refractivity contribution in [3.8, 4) is 0 Å². The number of hydrogen-bond donors (Lipinski definition) is 2. The van der Waals surface area contributed by atoms with Crippen molar-refractivity contribution in [3.05, 3.63) is 35.7 Å². The third kappa shape index (κ3) is 3.07. The van der Waals surface area contributed by atoms with Crippen LogP contribution in [0.5, 0.6) is 0 Å². The Balaban J connectivity index is 2.52. The summed E-state index contributed by atoms with van der Waals surface area (Å²) in [5.74, 6) is 0. The number of nitrogens with one attached hydrogen (secondary N) is 1. The summed E-state index contributed by atoms with van der Waals surface area (Å²) in [6.45, 7) is 6.70. The maximum absolute atomic E-state index is 5.44. The first-order valence-corrected chi connectivity index (χ1v) is 4.75. The molecule has 0 saturated carbocycles. The molecule has 1 rings (SSSR count). The highest BCUT2D eigenvalue weighted by Gasteiger charge is 2.04. The molecule has 3 N–H and O–H groups in total. The van der Waals surface area contributed by atoms with E-state index >= 15 is 0 Å². The van der Waals surface area contributed by atoms with E-state index in [1.54, 1.807) is 0 Å². The molecular formula is C11H18N2. The summed E-state index contributed by atoms with van der Waals surface area (Å²) in [5.41, 5.74) is 9.06. The van der Waals surface area contributed by atoms with Crippen molar-refractivity contribution in [1.29, 1.82) is 0 Å². The molecule has 0 radical (unpaired) electrons. The molecule has 72 valence electrons. The monoisotopic (exact) mass is 178 g/mol. The van der Waals surface area contributed by atoms with Crippen LogP contribution in [0.25, 0.3) is 0 Å². The molecule has 0 amide bonds. The highest BCUT2D eigenvalue weighted by atomic mass is 14.9. The fraction of sp³-hybridized carbons (Fsp3) is 0.455. The van der Waals surface area contributed by atoms with Crippen LogP contribution in [0.15, 0.2) is 35.7 Å². The van der Waals surface area contributed by atoms with Gasteiger partial charge in [-0.15, -0.1) is 0 Å². The van der Waals surface area contributed by atoms with E-state index in [4.69, 9.17) is 5.73 Å². The first-order chi connectivity index (χ1) is 6.24. The Kier molecular flexibility index (Phi) is 3.77. The van der Waals surface area contributed by atoms with E-state index in [0.29, 0.717) is 6.54 Å². The number of hydrogen-bond acceptors (Lipinski definition) is 2. The van der Waals surface area contributed by atoms with Gasteiger partial charge in [0.1, 0.15) is 0 Å². The van der Waals surface area contributed by atoms with E-state index in [1.165, 1.54) is 11.3 Å². The van der Waals surface area contributed by atoms with Crippen molar-refractivity contribution in [2.75, 3.05) is 6.54 Å². The fourth-order valence-electron chi connectivity index (χ4n) is 1.40. The van der Waals surface area contributed by atoms with Gasteiger partial charge in [-0.2, -0.15) is 0 Å². The van der Waals surface area contributed by atoms with E-state index in [9.17, 15) is 0 Å². The molecule has 0 spiro atoms. The minimum atomic E-state index is 0.661. The maximum Gasteiger partial charge on any atom is 0.0181 e. The Morgan fingerprint density at radius 2 is 2.46 bits per heavy atom. The van der Waals surface area contributed by atoms with Crippen molar-refractivity contribution in [2.45, 2.75) is 26.2 Å². The van der Waals surface area contributed by atoms with Crippen LogP contribution in [-0.4, -0.2) is 6.54 Å². The second kappa shape index (κ2) is 4.87. The molecule has 0 aliphatic heterocycles. The molecule has 0 aromatic heterocycles. The number of rotatable bonds is 4. The van der Waals surface area contributed by atoms with Crippen LogP contribution in [-0.2, 0) is 0 Å². The molecule has 0 aromatic rings. The standard InChI is InChI=1S/C11H18N2/c1-9-5-3-4-6-11(9)13-10(2)7-8-12/h3,5,13H,2,4,6-8,12H2,1H3. The van der Waals surface area contributed by atoms with Crippen molar-refractivity contribution >= 4 is 0 Å². The van der Waals surface area contributed by atoms with Crippen LogP contribution in [0.2, 0.25) is 0 Å². The van der Waals surface area contributed by atoms with Crippen LogP contribution in [0, 0.1) is 0 Å². The van der Waals surface area contributed by atoms with Gasteiger partial charge in [0, 0.05) is 11.4 Å². The zero-order valence-electron chi connectivity index (χ0n) is 8.27. The molecule has 0 fully saturated rings. The second-order valence-corrected chi connectivity index (χ2v) is 3.37. The molecule has 0 bridgehead atoms. The maximum atomic E-state index is 5.44. The average Bonchev–Trinajstić information content (AvgIpc) is 2.09. The van der Waals surface area contributed by atoms with Crippen LogP contribution in [0.1, 0.15) is 26.2 Å². The van der Waals surface area contributed by atoms with E-state index in [1.807, 2.05) is 0 Å². The molecular weight excluding hydrogens is 160 g/mol. The Bertz CT molecular complexity index is 249. The van der Waals surface area contributed by atoms with Gasteiger partial charge in [0.2, 0.25) is 0 Å². The van der Waals surface area contributed by atoms with Gasteiger partial charge in [-0.1, -0.05) is 18.7 Å². The van der Waals surface area contributed by atoms with Gasteiger partial charge in [-0.05, 0) is 38.3 Å². The van der Waals surface area contributed by atoms with Crippen LogP contribution < -0.4 is 11.1 Å². The zero-order chi connectivity index (χ0) is 9.68. The van der Waals surface area contributed by atoms with Gasteiger partial charge in [0.15, 0.2) is 0 Å². The Morgan fingerprint density at radius 1 is 1.69 bits per heavy atom. The lowest BCUT2D eigenvalue weighted by Gasteiger charge is -2.16. The summed E-state index contributed by atoms with van der Waals surface area (Å²) in [5, 5.41) is 3.32. The van der Waals surface area contributed by atoms with E-state index in [-0.39, 0.29) is 0 Å². The quantitative estimate of drug-likeness (QED) is 0.691. The van der Waals surface area contributed by atoms with Gasteiger partial charge in [0.05, 0.1) is 0 Å². The summed E-state index contributed by atoms with van der Waals surface area (Å²) >= 11 is 0. The summed E-state index contributed by atoms with van der Waals surface area (Å²) in [6, 6.07) is 0. The highest BCUT2D eigenvalue weighted by Crippen LogP contribution is 2.17. The summed E-state index contributed by atoms with van der Waals surface area (Å²) < 4.78 is 0. The topological polar surface area (TPSA) is 38.0 Å². The lowest BCUT2D eigenvalue weighted by Crippen LogP contribution is -2.17. The van der Waals surface area contributed by atoms with Crippen molar-refractivity contribution < 1.29 is 0 Å². The average molecular weight is 178 g/mol. The highest BCUT2D eigenvalue weighted by molar-refractivity contribution is 5.28. The summed E-state index contributed by atoms with van der Waals surface area (Å²) in [7, 11) is 0. The fourth-order valence-corrected chi connectivity index (χ4v) is 1.40. The van der Waals surface area contributed by atoms with Gasteiger partial charge >= 0.3 is 0 Å². The SMILES string of the molecule is C=C(CCN)NC1=C(C)C=CCC1.